The maximum atomic E-state index is 12.8. The molecule has 0 radical (unpaired) electrons. The van der Waals surface area contributed by atoms with Crippen LogP contribution in [0.4, 0.5) is 0 Å². The van der Waals surface area contributed by atoms with Crippen LogP contribution in [0.15, 0.2) is 24.4 Å². The Bertz CT molecular complexity index is 1220. The smallest absolute Gasteiger partial charge is 0.254 e. The molecule has 1 aromatic carbocycles. The molecule has 1 amide bonds. The quantitative estimate of drug-likeness (QED) is 0.573. The Balaban J connectivity index is 1.59. The lowest BCUT2D eigenvalue weighted by molar-refractivity contribution is -0.148. The summed E-state index contributed by atoms with van der Waals surface area (Å²) in [5.74, 6) is -0.232. The van der Waals surface area contributed by atoms with Gasteiger partial charge in [-0.15, -0.1) is 0 Å². The van der Waals surface area contributed by atoms with Crippen LogP contribution in [0, 0.1) is 13.8 Å². The number of hydrogen-bond donors (Lipinski definition) is 3. The van der Waals surface area contributed by atoms with Crippen LogP contribution in [-0.4, -0.2) is 57.8 Å². The predicted molar refractivity (Wildman–Crippen MR) is 128 cm³/mol. The molecule has 0 aliphatic carbocycles. The number of carbonyl (C=O) groups excluding carboxylic acids is 1. The Morgan fingerprint density at radius 2 is 2.06 bits per heavy atom. The normalized spacial score (nSPS) is 19.1. The second kappa shape index (κ2) is 8.24. The number of H-pyrrole nitrogens is 1. The van der Waals surface area contributed by atoms with Crippen LogP contribution >= 0.6 is 0 Å². The van der Waals surface area contributed by atoms with Gasteiger partial charge in [0, 0.05) is 42.5 Å². The summed E-state index contributed by atoms with van der Waals surface area (Å²) >= 11 is 0. The number of rotatable bonds is 3. The van der Waals surface area contributed by atoms with Gasteiger partial charge in [0.1, 0.15) is 11.2 Å². The minimum absolute atomic E-state index is 0.0672. The topological polar surface area (TPSA) is 90.5 Å². The minimum Gasteiger partial charge on any atom is -0.381 e. The van der Waals surface area contributed by atoms with Crippen LogP contribution in [-0.2, 0) is 22.5 Å². The molecule has 1 unspecified atom stereocenters. The molecular formula is C26H32N4O3. The van der Waals surface area contributed by atoms with Crippen molar-refractivity contribution in [3.8, 4) is 11.1 Å². The van der Waals surface area contributed by atoms with Crippen molar-refractivity contribution in [1.82, 2.24) is 20.2 Å². The van der Waals surface area contributed by atoms with Gasteiger partial charge in [-0.3, -0.25) is 4.79 Å². The lowest BCUT2D eigenvalue weighted by Gasteiger charge is -2.36. The van der Waals surface area contributed by atoms with Crippen LogP contribution in [0.1, 0.15) is 47.8 Å². The summed E-state index contributed by atoms with van der Waals surface area (Å²) in [6, 6.07) is 6.75. The number of hydrogen-bond acceptors (Lipinski definition) is 5. The Labute approximate surface area is 194 Å². The Morgan fingerprint density at radius 3 is 2.79 bits per heavy atom. The monoisotopic (exact) mass is 448 g/mol. The number of aromatic amines is 1. The van der Waals surface area contributed by atoms with E-state index in [9.17, 15) is 9.90 Å². The average molecular weight is 449 g/mol. The number of nitrogens with one attached hydrogen (secondary N) is 2. The van der Waals surface area contributed by atoms with E-state index in [2.05, 4.69) is 47.3 Å². The van der Waals surface area contributed by atoms with Crippen molar-refractivity contribution < 1.29 is 14.6 Å². The van der Waals surface area contributed by atoms with E-state index in [1.165, 1.54) is 11.1 Å². The number of pyridine rings is 1. The minimum atomic E-state index is -1.38. The van der Waals surface area contributed by atoms with Crippen molar-refractivity contribution in [1.29, 1.82) is 0 Å². The molecule has 1 fully saturated rings. The van der Waals surface area contributed by atoms with E-state index in [1.54, 1.807) is 18.7 Å². The van der Waals surface area contributed by atoms with Crippen LogP contribution in [0.25, 0.3) is 22.2 Å². The van der Waals surface area contributed by atoms with Gasteiger partial charge >= 0.3 is 0 Å². The third-order valence-corrected chi connectivity index (χ3v) is 6.98. The van der Waals surface area contributed by atoms with E-state index in [0.717, 1.165) is 51.9 Å². The number of fused-ring (bicyclic) bond motifs is 2. The first-order valence-corrected chi connectivity index (χ1v) is 11.7. The number of amides is 1. The zero-order chi connectivity index (χ0) is 23.3. The van der Waals surface area contributed by atoms with Crippen molar-refractivity contribution in [2.45, 2.75) is 52.3 Å². The Hall–Kier alpha value is -2.74. The van der Waals surface area contributed by atoms with E-state index in [1.807, 2.05) is 6.20 Å². The predicted octanol–water partition coefficient (Wildman–Crippen LogP) is 3.16. The molecule has 7 heteroatoms. The van der Waals surface area contributed by atoms with Gasteiger partial charge in [0.25, 0.3) is 5.91 Å². The van der Waals surface area contributed by atoms with Gasteiger partial charge in [-0.2, -0.15) is 0 Å². The lowest BCUT2D eigenvalue weighted by Crippen LogP contribution is -2.47. The highest BCUT2D eigenvalue weighted by atomic mass is 16.5. The third kappa shape index (κ3) is 4.05. The van der Waals surface area contributed by atoms with Gasteiger partial charge in [0.15, 0.2) is 0 Å². The molecule has 2 aliphatic heterocycles. The lowest BCUT2D eigenvalue weighted by atomic mass is 9.87. The first-order valence-electron chi connectivity index (χ1n) is 11.7. The summed E-state index contributed by atoms with van der Waals surface area (Å²) in [6.07, 6.45) is 2.69. The Kier molecular flexibility index (Phi) is 5.51. The fourth-order valence-electron chi connectivity index (χ4n) is 4.98. The number of nitrogens with zero attached hydrogens (tertiary/aromatic N) is 2. The zero-order valence-corrected chi connectivity index (χ0v) is 19.8. The van der Waals surface area contributed by atoms with Crippen molar-refractivity contribution in [2.24, 2.45) is 0 Å². The molecule has 2 aliphatic rings. The molecule has 1 saturated heterocycles. The van der Waals surface area contributed by atoms with E-state index >= 15 is 0 Å². The second-order valence-corrected chi connectivity index (χ2v) is 9.82. The second-order valence-electron chi connectivity index (χ2n) is 9.82. The molecular weight excluding hydrogens is 416 g/mol. The number of benzene rings is 1. The fraction of sp³-hybridized carbons (Fsp3) is 0.462. The highest BCUT2D eigenvalue weighted by Crippen LogP contribution is 2.35. The standard InChI is InChI=1S/C26H32N4O3/c1-15-16(2)29-24-20(15)11-19(12-28-24)18-9-17-5-7-30(25(31)26(3,4)32)13-22(17)21(10-18)23-14-33-8-6-27-23/h9-12,23,27,32H,5-8,13-14H2,1-4H3,(H,28,29). The summed E-state index contributed by atoms with van der Waals surface area (Å²) in [6.45, 7) is 10.5. The molecule has 7 nitrogen and oxygen atoms in total. The van der Waals surface area contributed by atoms with Crippen molar-refractivity contribution in [2.75, 3.05) is 26.3 Å². The largest absolute Gasteiger partial charge is 0.381 e. The average Bonchev–Trinajstić information content (AvgIpc) is 3.10. The molecule has 2 aromatic heterocycles. The maximum Gasteiger partial charge on any atom is 0.254 e. The van der Waals surface area contributed by atoms with Crippen LogP contribution < -0.4 is 5.32 Å². The maximum absolute atomic E-state index is 12.8. The van der Waals surface area contributed by atoms with E-state index < -0.39 is 5.60 Å². The van der Waals surface area contributed by atoms with E-state index in [4.69, 9.17) is 4.74 Å². The summed E-state index contributed by atoms with van der Waals surface area (Å²) in [4.78, 5) is 22.6. The zero-order valence-electron chi connectivity index (χ0n) is 19.8. The fourth-order valence-corrected chi connectivity index (χ4v) is 4.98. The van der Waals surface area contributed by atoms with E-state index in [0.29, 0.717) is 26.3 Å². The Morgan fingerprint density at radius 1 is 1.24 bits per heavy atom. The molecule has 0 bridgehead atoms. The van der Waals surface area contributed by atoms with Crippen LogP contribution in [0.3, 0.4) is 0 Å². The summed E-state index contributed by atoms with van der Waals surface area (Å²) < 4.78 is 5.78. The van der Waals surface area contributed by atoms with Gasteiger partial charge in [-0.25, -0.2) is 4.98 Å². The third-order valence-electron chi connectivity index (χ3n) is 6.98. The first kappa shape index (κ1) is 22.1. The number of ether oxygens (including phenoxy) is 1. The SMILES string of the molecule is Cc1[nH]c2ncc(-c3cc4c(c(C5COCCN5)c3)CN(C(=O)C(C)(C)O)CC4)cc2c1C. The molecule has 3 N–H and O–H groups in total. The molecule has 174 valence electrons. The highest BCUT2D eigenvalue weighted by molar-refractivity contribution is 5.86. The molecule has 4 heterocycles. The molecule has 0 spiro atoms. The number of aryl methyl sites for hydroxylation is 2. The van der Waals surface area contributed by atoms with E-state index in [-0.39, 0.29) is 11.9 Å². The summed E-state index contributed by atoms with van der Waals surface area (Å²) in [5.41, 5.74) is 7.68. The number of aliphatic hydroxyl groups is 1. The van der Waals surface area contributed by atoms with Gasteiger partial charge in [0.2, 0.25) is 0 Å². The number of aromatic nitrogens is 2. The summed E-state index contributed by atoms with van der Waals surface area (Å²) in [5, 5.41) is 15.0. The van der Waals surface area contributed by atoms with Gasteiger partial charge < -0.3 is 25.0 Å². The summed E-state index contributed by atoms with van der Waals surface area (Å²) in [7, 11) is 0. The number of carbonyl (C=O) groups is 1. The van der Waals surface area contributed by atoms with Gasteiger partial charge in [0.05, 0.1) is 19.3 Å². The van der Waals surface area contributed by atoms with Crippen LogP contribution in [0.5, 0.6) is 0 Å². The van der Waals surface area contributed by atoms with Gasteiger partial charge in [-0.05, 0) is 74.1 Å². The molecule has 33 heavy (non-hydrogen) atoms. The molecule has 1 atom stereocenters. The highest BCUT2D eigenvalue weighted by Gasteiger charge is 2.33. The first-order chi connectivity index (χ1) is 15.7. The van der Waals surface area contributed by atoms with Crippen molar-refractivity contribution in [3.63, 3.8) is 0 Å². The molecule has 3 aromatic rings. The molecule has 0 saturated carbocycles. The van der Waals surface area contributed by atoms with Crippen molar-refractivity contribution >= 4 is 16.9 Å². The number of morpholine rings is 1. The van der Waals surface area contributed by atoms with Crippen molar-refractivity contribution in [3.05, 3.63) is 52.3 Å². The molecule has 5 rings (SSSR count). The van der Waals surface area contributed by atoms with Gasteiger partial charge in [-0.1, -0.05) is 6.07 Å². The van der Waals surface area contributed by atoms with Crippen LogP contribution in [0.2, 0.25) is 0 Å².